The first kappa shape index (κ1) is 23.0. The topological polar surface area (TPSA) is 9.86 Å². The van der Waals surface area contributed by atoms with Gasteiger partial charge in [-0.2, -0.15) is 0 Å². The Balaban J connectivity index is 2.86. The van der Waals surface area contributed by atoms with Crippen LogP contribution in [0.5, 0.6) is 0 Å². The van der Waals surface area contributed by atoms with E-state index in [0.29, 0.717) is 0 Å². The van der Waals surface area contributed by atoms with Gasteiger partial charge in [-0.15, -0.1) is 0 Å². The summed E-state index contributed by atoms with van der Waals surface area (Å²) in [6.07, 6.45) is 2.20. The first-order valence-electron chi connectivity index (χ1n) is 9.85. The summed E-state index contributed by atoms with van der Waals surface area (Å²) in [6.45, 7) is 23.4. The van der Waals surface area contributed by atoms with Gasteiger partial charge in [0.2, 0.25) is 0 Å². The van der Waals surface area contributed by atoms with E-state index in [1.165, 1.54) is 14.7 Å². The van der Waals surface area contributed by atoms with Crippen molar-refractivity contribution in [1.29, 1.82) is 0 Å². The molecule has 2 nitrogen and oxygen atoms in total. The number of rotatable bonds is 4. The average Bonchev–Trinajstić information content (AvgIpc) is 2.77. The first-order valence-corrected chi connectivity index (χ1v) is 13.6. The Morgan fingerprint density at radius 2 is 1.04 bits per heavy atom. The zero-order chi connectivity index (χ0) is 20.8. The van der Waals surface area contributed by atoms with Crippen molar-refractivity contribution in [3.05, 3.63) is 27.9 Å². The number of halogens is 1. The maximum atomic E-state index is 6.72. The number of aromatic nitrogens is 2. The Kier molecular flexibility index (Phi) is 6.41. The predicted molar refractivity (Wildman–Crippen MR) is 116 cm³/mol. The van der Waals surface area contributed by atoms with Crippen LogP contribution in [0, 0.1) is 14.5 Å². The second kappa shape index (κ2) is 7.52. The third-order valence-corrected chi connectivity index (χ3v) is 7.06. The van der Waals surface area contributed by atoms with Gasteiger partial charge in [0, 0.05) is 0 Å². The van der Waals surface area contributed by atoms with E-state index in [0.717, 1.165) is 12.8 Å². The molecule has 27 heavy (non-hydrogen) atoms. The second-order valence-electron chi connectivity index (χ2n) is 11.6. The molecule has 0 N–H and O–H groups in total. The van der Waals surface area contributed by atoms with E-state index in [9.17, 15) is 0 Å². The van der Waals surface area contributed by atoms with Crippen molar-refractivity contribution >= 4 is 20.2 Å². The van der Waals surface area contributed by atoms with E-state index in [-0.39, 0.29) is 21.9 Å². The third kappa shape index (κ3) is 5.21. The van der Waals surface area contributed by atoms with Gasteiger partial charge in [0.05, 0.1) is 0 Å². The molecule has 0 amide bonds. The molecule has 0 unspecified atom stereocenters. The molecule has 0 bridgehead atoms. The van der Waals surface area contributed by atoms with Crippen molar-refractivity contribution in [3.8, 4) is 0 Å². The van der Waals surface area contributed by atoms with Crippen molar-refractivity contribution in [1.82, 2.24) is 9.13 Å². The van der Waals surface area contributed by atoms with Crippen molar-refractivity contribution in [2.24, 2.45) is 10.8 Å². The molecule has 1 heterocycles. The number of imidazole rings is 1. The summed E-state index contributed by atoms with van der Waals surface area (Å²) < 4.78 is 6.40. The van der Waals surface area contributed by atoms with Crippen molar-refractivity contribution in [2.75, 3.05) is 0 Å². The van der Waals surface area contributed by atoms with Gasteiger partial charge in [-0.1, -0.05) is 0 Å². The van der Waals surface area contributed by atoms with Gasteiger partial charge < -0.3 is 0 Å². The SMILES string of the molecule is CC(C)(C)CC(C)(C)n1[c](=[Au-2][Cl])n(C(C)(C)CC(C)(C)C)c2ccccc21. The Morgan fingerprint density at radius 1 is 0.704 bits per heavy atom. The summed E-state index contributed by atoms with van der Waals surface area (Å²) in [5.41, 5.74) is 3.12. The molecule has 0 fully saturated rings. The Morgan fingerprint density at radius 3 is 1.30 bits per heavy atom. The molecule has 0 radical (unpaired) electrons. The minimum absolute atomic E-state index is 0.00163. The molecule has 0 aliphatic carbocycles. The van der Waals surface area contributed by atoms with E-state index in [1.54, 1.807) is 0 Å². The fourth-order valence-electron chi connectivity index (χ4n) is 5.03. The van der Waals surface area contributed by atoms with Crippen molar-refractivity contribution in [3.63, 3.8) is 0 Å². The van der Waals surface area contributed by atoms with Gasteiger partial charge in [-0.3, -0.25) is 0 Å². The summed E-state index contributed by atoms with van der Waals surface area (Å²) in [5, 5.41) is 0. The molecule has 0 aliphatic rings. The van der Waals surface area contributed by atoms with E-state index in [1.807, 2.05) is 0 Å². The van der Waals surface area contributed by atoms with Gasteiger partial charge in [-0.05, 0) is 0 Å². The number of benzene rings is 1. The Hall–Kier alpha value is -0.280. The van der Waals surface area contributed by atoms with Crippen LogP contribution in [-0.4, -0.2) is 9.13 Å². The van der Waals surface area contributed by atoms with Gasteiger partial charge in [0.15, 0.2) is 0 Å². The van der Waals surface area contributed by atoms with Crippen LogP contribution in [0.1, 0.15) is 82.1 Å². The van der Waals surface area contributed by atoms with Crippen molar-refractivity contribution in [2.45, 2.75) is 93.2 Å². The summed E-state index contributed by atoms with van der Waals surface area (Å²) in [6, 6.07) is 8.84. The van der Waals surface area contributed by atoms with E-state index < -0.39 is 18.2 Å². The first-order chi connectivity index (χ1) is 12.1. The van der Waals surface area contributed by atoms with E-state index >= 15 is 0 Å². The van der Waals surface area contributed by atoms with Gasteiger partial charge in [0.1, 0.15) is 0 Å². The number of hydrogen-bond donors (Lipinski definition) is 0. The minimum atomic E-state index is -0.473. The van der Waals surface area contributed by atoms with Crippen LogP contribution in [0.2, 0.25) is 0 Å². The molecule has 2 aromatic rings. The van der Waals surface area contributed by atoms with Gasteiger partial charge in [-0.25, -0.2) is 0 Å². The van der Waals surface area contributed by atoms with Crippen LogP contribution in [-0.2, 0) is 29.3 Å². The number of nitrogens with zero attached hydrogens (tertiary/aromatic N) is 2. The second-order valence-corrected chi connectivity index (χ2v) is 13.9. The maximum absolute atomic E-state index is 6.72. The summed E-state index contributed by atoms with van der Waals surface area (Å²) in [7, 11) is 6.72. The standard InChI is InChI=1S/C23H38N2.Au.ClH/c1-20(2,3)15-22(7,8)24-17-25(19-14-12-11-13-18(19)24)23(9,10)16-21(4,5)6;;/h11-14H,15-16H2,1-10H3;;1H/q;-1;/p-1. The van der Waals surface area contributed by atoms with Crippen LogP contribution in [0.4, 0.5) is 0 Å². The molecule has 0 aliphatic heterocycles. The van der Waals surface area contributed by atoms with Gasteiger partial charge in [0.25, 0.3) is 0 Å². The van der Waals surface area contributed by atoms with Crippen molar-refractivity contribution < 1.29 is 18.2 Å². The molecule has 0 saturated carbocycles. The predicted octanol–water partition coefficient (Wildman–Crippen LogP) is 7.55. The van der Waals surface area contributed by atoms with Gasteiger partial charge >= 0.3 is 179 Å². The fraction of sp³-hybridized carbons (Fsp3) is 0.696. The normalized spacial score (nSPS) is 14.3. The molecule has 0 spiro atoms. The van der Waals surface area contributed by atoms with Crippen LogP contribution in [0.25, 0.3) is 11.0 Å². The Labute approximate surface area is 178 Å². The zero-order valence-electron chi connectivity index (χ0n) is 18.8. The molecule has 4 heteroatoms. The molecule has 1 aromatic heterocycles. The third-order valence-electron chi connectivity index (χ3n) is 4.89. The van der Waals surface area contributed by atoms with Crippen LogP contribution in [0.3, 0.4) is 0 Å². The Bertz CT molecular complexity index is 802. The molecule has 1 aromatic carbocycles. The monoisotopic (exact) mass is 574 g/mol. The van der Waals surface area contributed by atoms with Crippen LogP contribution < -0.4 is 0 Å². The molecule has 0 saturated heterocycles. The molecular formula is C23H38AuClN2-2. The van der Waals surface area contributed by atoms with E-state index in [4.69, 9.17) is 9.19 Å². The zero-order valence-corrected chi connectivity index (χ0v) is 21.7. The molecular weight excluding hydrogens is 537 g/mol. The number of fused-ring (bicyclic) bond motifs is 1. The molecule has 160 valence electrons. The van der Waals surface area contributed by atoms with E-state index in [2.05, 4.69) is 103 Å². The summed E-state index contributed by atoms with van der Waals surface area (Å²) in [4.78, 5) is 0. The van der Waals surface area contributed by atoms with Crippen LogP contribution in [0.15, 0.2) is 24.3 Å². The number of hydrogen-bond acceptors (Lipinski definition) is 0. The number of para-hydroxylation sites is 2. The quantitative estimate of drug-likeness (QED) is 0.334. The average molecular weight is 575 g/mol. The summed E-state index contributed by atoms with van der Waals surface area (Å²) in [5.74, 6) is 0. The molecule has 2 rings (SSSR count). The summed E-state index contributed by atoms with van der Waals surface area (Å²) >= 11 is -0.473. The fourth-order valence-corrected chi connectivity index (χ4v) is 8.07. The van der Waals surface area contributed by atoms with Crippen LogP contribution >= 0.6 is 9.19 Å². The molecule has 0 atom stereocenters.